The van der Waals surface area contributed by atoms with Crippen LogP contribution in [0.3, 0.4) is 0 Å². The molecule has 2 fully saturated rings. The minimum absolute atomic E-state index is 0.0170. The summed E-state index contributed by atoms with van der Waals surface area (Å²) < 4.78 is 0. The van der Waals surface area contributed by atoms with E-state index >= 15 is 0 Å². The van der Waals surface area contributed by atoms with Crippen LogP contribution in [0.5, 0.6) is 0 Å². The van der Waals surface area contributed by atoms with Gasteiger partial charge in [-0.05, 0) is 36.7 Å². The van der Waals surface area contributed by atoms with Crippen LogP contribution < -0.4 is 0 Å². The molecular weight excluding hydrogens is 442 g/mol. The van der Waals surface area contributed by atoms with E-state index in [9.17, 15) is 14.4 Å². The zero-order valence-electron chi connectivity index (χ0n) is 20.6. The number of fused-ring (bicyclic) bond motifs is 3. The molecule has 0 N–H and O–H groups in total. The van der Waals surface area contributed by atoms with Gasteiger partial charge >= 0.3 is 0 Å². The molecule has 4 atom stereocenters. The Hall–Kier alpha value is -2.90. The van der Waals surface area contributed by atoms with Crippen molar-refractivity contribution in [3.63, 3.8) is 0 Å². The standard InChI is InChI=1S/C27H33N5O3/c1-31-22(35)12-17-8-10-27(14-18(27)26(17)31)11-9-20(33)24-25-23(28-15-29-24)19(32(2)30-25)13-21(34)16-6-4-3-5-7-16/h8,10,15-16,18-19,23H,3-7,9,11-14H2,1-2H3. The number of allylic oxidation sites excluding steroid dienone is 3. The topological polar surface area (TPSA) is 94.8 Å². The molecule has 2 saturated carbocycles. The van der Waals surface area contributed by atoms with E-state index in [1.165, 1.54) is 12.8 Å². The fraction of sp³-hybridized carbons (Fsp3) is 0.630. The van der Waals surface area contributed by atoms with Crippen molar-refractivity contribution in [2.45, 2.75) is 76.3 Å². The zero-order valence-corrected chi connectivity index (χ0v) is 20.6. The van der Waals surface area contributed by atoms with Gasteiger partial charge in [-0.3, -0.25) is 24.4 Å². The molecule has 3 heterocycles. The first-order chi connectivity index (χ1) is 16.9. The number of hydrogen-bond donors (Lipinski definition) is 0. The van der Waals surface area contributed by atoms with Gasteiger partial charge in [0.05, 0.1) is 12.5 Å². The third kappa shape index (κ3) is 3.72. The van der Waals surface area contributed by atoms with Crippen LogP contribution >= 0.6 is 0 Å². The van der Waals surface area contributed by atoms with Crippen LogP contribution in [-0.2, 0) is 14.4 Å². The molecule has 0 aromatic heterocycles. The highest BCUT2D eigenvalue weighted by atomic mass is 16.2. The van der Waals surface area contributed by atoms with Crippen LogP contribution in [0.2, 0.25) is 0 Å². The second-order valence-electron chi connectivity index (χ2n) is 11.1. The molecule has 8 heteroatoms. The van der Waals surface area contributed by atoms with Gasteiger partial charge < -0.3 is 4.90 Å². The fourth-order valence-electron chi connectivity index (χ4n) is 6.82. The number of likely N-dealkylation sites (N-methyl/N-ethyl adjacent to an activating group) is 1. The average molecular weight is 476 g/mol. The number of rotatable bonds is 7. The Morgan fingerprint density at radius 1 is 1.17 bits per heavy atom. The van der Waals surface area contributed by atoms with E-state index < -0.39 is 0 Å². The number of ketones is 2. The average Bonchev–Trinajstić information content (AvgIpc) is 3.41. The highest BCUT2D eigenvalue weighted by Gasteiger charge is 2.58. The van der Waals surface area contributed by atoms with Gasteiger partial charge in [0.2, 0.25) is 5.91 Å². The summed E-state index contributed by atoms with van der Waals surface area (Å²) in [6, 6.07) is -0.460. The van der Waals surface area contributed by atoms with Crippen LogP contribution in [-0.4, -0.2) is 71.3 Å². The maximum atomic E-state index is 13.3. The summed E-state index contributed by atoms with van der Waals surface area (Å²) in [7, 11) is 3.73. The number of aliphatic imine (C=N–C) groups is 2. The highest BCUT2D eigenvalue weighted by molar-refractivity contribution is 6.69. The quantitative estimate of drug-likeness (QED) is 0.565. The molecule has 0 radical (unpaired) electrons. The van der Waals surface area contributed by atoms with Crippen LogP contribution in [0, 0.1) is 17.3 Å². The molecule has 1 amide bonds. The lowest BCUT2D eigenvalue weighted by molar-refractivity contribution is -0.126. The summed E-state index contributed by atoms with van der Waals surface area (Å²) in [5.74, 6) is 0.926. The van der Waals surface area contributed by atoms with Gasteiger partial charge in [-0.2, -0.15) is 5.10 Å². The van der Waals surface area contributed by atoms with Crippen molar-refractivity contribution in [1.82, 2.24) is 9.91 Å². The Kier molecular flexibility index (Phi) is 5.38. The van der Waals surface area contributed by atoms with E-state index in [0.29, 0.717) is 42.4 Å². The number of amides is 1. The Morgan fingerprint density at radius 2 is 1.97 bits per heavy atom. The molecule has 3 aliphatic carbocycles. The summed E-state index contributed by atoms with van der Waals surface area (Å²) in [6.45, 7) is 0. The first kappa shape index (κ1) is 22.6. The number of hydrogen-bond acceptors (Lipinski definition) is 7. The molecule has 0 aromatic rings. The molecule has 3 aliphatic heterocycles. The highest BCUT2D eigenvalue weighted by Crippen LogP contribution is 2.64. The molecular formula is C27H33N5O3. The monoisotopic (exact) mass is 475 g/mol. The first-order valence-corrected chi connectivity index (χ1v) is 13.0. The minimum atomic E-state index is -0.309. The second-order valence-corrected chi connectivity index (χ2v) is 11.1. The van der Waals surface area contributed by atoms with Gasteiger partial charge in [-0.25, -0.2) is 4.99 Å². The molecule has 0 saturated heterocycles. The maximum absolute atomic E-state index is 13.3. The molecule has 0 aromatic carbocycles. The lowest BCUT2D eigenvalue weighted by Gasteiger charge is -2.26. The zero-order chi connectivity index (χ0) is 24.3. The molecule has 184 valence electrons. The van der Waals surface area contributed by atoms with Gasteiger partial charge in [-0.15, -0.1) is 0 Å². The van der Waals surface area contributed by atoms with Crippen molar-refractivity contribution in [3.8, 4) is 0 Å². The second kappa shape index (κ2) is 8.35. The van der Waals surface area contributed by atoms with Crippen molar-refractivity contribution in [1.29, 1.82) is 0 Å². The molecule has 0 spiro atoms. The van der Waals surface area contributed by atoms with Gasteiger partial charge in [0.25, 0.3) is 0 Å². The fourth-order valence-corrected chi connectivity index (χ4v) is 6.82. The SMILES string of the molecule is CN1C(=O)CC2=C1C1CC1(CCC(=O)C1=NC=NC3C1=NN(C)C3CC(=O)C1CCCCC1)C=C2. The number of nitrogens with zero attached hydrogens (tertiary/aromatic N) is 5. The van der Waals surface area contributed by atoms with Crippen molar-refractivity contribution in [2.75, 3.05) is 14.1 Å². The summed E-state index contributed by atoms with van der Waals surface area (Å²) in [4.78, 5) is 49.1. The molecule has 0 bridgehead atoms. The van der Waals surface area contributed by atoms with E-state index in [1.807, 2.05) is 19.1 Å². The van der Waals surface area contributed by atoms with Gasteiger partial charge in [-0.1, -0.05) is 31.4 Å². The van der Waals surface area contributed by atoms with Crippen LogP contribution in [0.25, 0.3) is 0 Å². The number of Topliss-reactive ketones (excluding diaryl/α,β-unsaturated/α-hetero) is 2. The number of carbonyl (C=O) groups excluding carboxylic acids is 3. The predicted octanol–water partition coefficient (Wildman–Crippen LogP) is 3.09. The Bertz CT molecular complexity index is 1140. The molecule has 8 nitrogen and oxygen atoms in total. The number of hydrazone groups is 1. The molecule has 35 heavy (non-hydrogen) atoms. The largest absolute Gasteiger partial charge is 0.318 e. The lowest BCUT2D eigenvalue weighted by Crippen LogP contribution is -2.42. The third-order valence-electron chi connectivity index (χ3n) is 9.07. The predicted molar refractivity (Wildman–Crippen MR) is 133 cm³/mol. The number of carbonyl (C=O) groups is 3. The Labute approximate surface area is 205 Å². The molecule has 6 aliphatic rings. The third-order valence-corrected chi connectivity index (χ3v) is 9.07. The Morgan fingerprint density at radius 3 is 2.77 bits per heavy atom. The van der Waals surface area contributed by atoms with E-state index in [4.69, 9.17) is 0 Å². The van der Waals surface area contributed by atoms with Crippen LogP contribution in [0.1, 0.15) is 64.2 Å². The molecule has 6 rings (SSSR count). The lowest BCUT2D eigenvalue weighted by atomic mass is 9.82. The van der Waals surface area contributed by atoms with Gasteiger partial charge in [0.15, 0.2) is 5.78 Å². The summed E-state index contributed by atoms with van der Waals surface area (Å²) in [6.07, 6.45) is 14.3. The van der Waals surface area contributed by atoms with Crippen LogP contribution in [0.15, 0.2) is 38.5 Å². The maximum Gasteiger partial charge on any atom is 0.230 e. The van der Waals surface area contributed by atoms with Crippen molar-refractivity contribution in [3.05, 3.63) is 23.4 Å². The van der Waals surface area contributed by atoms with Crippen molar-refractivity contribution < 1.29 is 14.4 Å². The van der Waals surface area contributed by atoms with Gasteiger partial charge in [0.1, 0.15) is 29.6 Å². The van der Waals surface area contributed by atoms with E-state index in [1.54, 1.807) is 4.90 Å². The molecule has 4 unspecified atom stereocenters. The van der Waals surface area contributed by atoms with Crippen molar-refractivity contribution >= 4 is 35.2 Å². The first-order valence-electron chi connectivity index (χ1n) is 13.0. The van der Waals surface area contributed by atoms with E-state index in [-0.39, 0.29) is 35.1 Å². The minimum Gasteiger partial charge on any atom is -0.318 e. The Balaban J connectivity index is 1.09. The summed E-state index contributed by atoms with van der Waals surface area (Å²) >= 11 is 0. The van der Waals surface area contributed by atoms with Crippen molar-refractivity contribution in [2.24, 2.45) is 32.3 Å². The van der Waals surface area contributed by atoms with E-state index in [0.717, 1.165) is 49.8 Å². The van der Waals surface area contributed by atoms with E-state index in [2.05, 4.69) is 27.2 Å². The van der Waals surface area contributed by atoms with Crippen LogP contribution in [0.4, 0.5) is 0 Å². The summed E-state index contributed by atoms with van der Waals surface area (Å²) in [5.41, 5.74) is 3.26. The summed E-state index contributed by atoms with van der Waals surface area (Å²) in [5, 5.41) is 6.46. The normalized spacial score (nSPS) is 33.4. The van der Waals surface area contributed by atoms with Gasteiger partial charge in [0, 0.05) is 44.5 Å². The smallest absolute Gasteiger partial charge is 0.230 e.